The standard InChI is InChI=1S/C13H19N3OS/c1-8-10(5-12(18-8)13(17)15-14)7-16-6-9-2-3-11(16)4-9/h5,9,11H,2-4,6-7,14H2,1H3,(H,15,17). The van der Waals surface area contributed by atoms with Crippen molar-refractivity contribution in [1.29, 1.82) is 0 Å². The summed E-state index contributed by atoms with van der Waals surface area (Å²) in [5, 5.41) is 0. The predicted molar refractivity (Wildman–Crippen MR) is 72.2 cm³/mol. The number of hydrogen-bond acceptors (Lipinski definition) is 4. The zero-order valence-corrected chi connectivity index (χ0v) is 11.4. The predicted octanol–water partition coefficient (Wildman–Crippen LogP) is 1.64. The molecule has 2 bridgehead atoms. The SMILES string of the molecule is Cc1sc(C(=O)NN)cc1CN1CC2CCC1C2. The number of nitrogens with one attached hydrogen (secondary N) is 1. The minimum absolute atomic E-state index is 0.183. The van der Waals surface area contributed by atoms with Gasteiger partial charge in [-0.3, -0.25) is 15.1 Å². The van der Waals surface area contributed by atoms with Gasteiger partial charge in [-0.05, 0) is 43.7 Å². The molecular weight excluding hydrogens is 246 g/mol. The van der Waals surface area contributed by atoms with Crippen LogP contribution in [-0.4, -0.2) is 23.4 Å². The van der Waals surface area contributed by atoms with E-state index in [1.807, 2.05) is 6.07 Å². The quantitative estimate of drug-likeness (QED) is 0.496. The number of aryl methyl sites for hydroxylation is 1. The zero-order valence-electron chi connectivity index (χ0n) is 10.6. The summed E-state index contributed by atoms with van der Waals surface area (Å²) in [7, 11) is 0. The normalized spacial score (nSPS) is 26.8. The molecule has 1 aliphatic heterocycles. The molecule has 0 radical (unpaired) electrons. The molecule has 0 aromatic carbocycles. The van der Waals surface area contributed by atoms with Crippen LogP contribution in [0.15, 0.2) is 6.07 Å². The van der Waals surface area contributed by atoms with E-state index in [1.165, 1.54) is 47.6 Å². The summed E-state index contributed by atoms with van der Waals surface area (Å²) in [6.07, 6.45) is 4.13. The Morgan fingerprint density at radius 2 is 2.44 bits per heavy atom. The summed E-state index contributed by atoms with van der Waals surface area (Å²) >= 11 is 1.53. The molecular formula is C13H19N3OS. The van der Waals surface area contributed by atoms with E-state index in [2.05, 4.69) is 17.2 Å². The van der Waals surface area contributed by atoms with Gasteiger partial charge in [-0.15, -0.1) is 11.3 Å². The Kier molecular flexibility index (Phi) is 3.13. The van der Waals surface area contributed by atoms with Crippen molar-refractivity contribution in [3.63, 3.8) is 0 Å². The Labute approximate surface area is 111 Å². The average molecular weight is 265 g/mol. The van der Waals surface area contributed by atoms with Crippen LogP contribution in [0, 0.1) is 12.8 Å². The van der Waals surface area contributed by atoms with Crippen LogP contribution < -0.4 is 11.3 Å². The number of carbonyl (C=O) groups excluding carboxylic acids is 1. The van der Waals surface area contributed by atoms with Crippen molar-refractivity contribution in [2.45, 2.75) is 38.8 Å². The molecule has 1 saturated heterocycles. The summed E-state index contributed by atoms with van der Waals surface area (Å²) in [4.78, 5) is 16.0. The van der Waals surface area contributed by atoms with Crippen molar-refractivity contribution >= 4 is 17.2 Å². The van der Waals surface area contributed by atoms with E-state index in [0.29, 0.717) is 4.88 Å². The number of fused-ring (bicyclic) bond motifs is 2. The fraction of sp³-hybridized carbons (Fsp3) is 0.615. The highest BCUT2D eigenvalue weighted by molar-refractivity contribution is 7.14. The Bertz CT molecular complexity index is 471. The number of nitrogens with two attached hydrogens (primary N) is 1. The molecule has 2 heterocycles. The van der Waals surface area contributed by atoms with E-state index in [4.69, 9.17) is 5.84 Å². The first-order valence-electron chi connectivity index (χ1n) is 6.51. The molecule has 1 aromatic heterocycles. The maximum absolute atomic E-state index is 11.5. The number of hydrogen-bond donors (Lipinski definition) is 2. The maximum atomic E-state index is 11.5. The second-order valence-corrected chi connectivity index (χ2v) is 6.68. The van der Waals surface area contributed by atoms with Crippen LogP contribution in [-0.2, 0) is 6.54 Å². The van der Waals surface area contributed by atoms with E-state index in [1.54, 1.807) is 0 Å². The van der Waals surface area contributed by atoms with Gasteiger partial charge in [0.15, 0.2) is 0 Å². The smallest absolute Gasteiger partial charge is 0.275 e. The summed E-state index contributed by atoms with van der Waals surface area (Å²) in [5.74, 6) is 5.91. The average Bonchev–Trinajstić information content (AvgIpc) is 3.05. The molecule has 4 nitrogen and oxygen atoms in total. The van der Waals surface area contributed by atoms with Crippen LogP contribution in [0.4, 0.5) is 0 Å². The van der Waals surface area contributed by atoms with Gasteiger partial charge in [-0.25, -0.2) is 5.84 Å². The summed E-state index contributed by atoms with van der Waals surface area (Å²) < 4.78 is 0. The molecule has 2 aliphatic rings. The first-order valence-corrected chi connectivity index (χ1v) is 7.33. The van der Waals surface area contributed by atoms with Crippen LogP contribution >= 0.6 is 11.3 Å². The maximum Gasteiger partial charge on any atom is 0.275 e. The Morgan fingerprint density at radius 3 is 3.06 bits per heavy atom. The molecule has 3 N–H and O–H groups in total. The van der Waals surface area contributed by atoms with Crippen LogP contribution in [0.1, 0.15) is 39.4 Å². The minimum atomic E-state index is -0.183. The molecule has 2 fully saturated rings. The van der Waals surface area contributed by atoms with Gasteiger partial charge in [0.25, 0.3) is 5.91 Å². The summed E-state index contributed by atoms with van der Waals surface area (Å²) in [6.45, 7) is 4.31. The number of amides is 1. The lowest BCUT2D eigenvalue weighted by molar-refractivity contribution is 0.0957. The van der Waals surface area contributed by atoms with E-state index < -0.39 is 0 Å². The number of rotatable bonds is 3. The molecule has 18 heavy (non-hydrogen) atoms. The van der Waals surface area contributed by atoms with E-state index in [-0.39, 0.29) is 5.91 Å². The molecule has 5 heteroatoms. The molecule has 3 rings (SSSR count). The number of thiophene rings is 1. The Balaban J connectivity index is 1.73. The number of nitrogens with zero attached hydrogens (tertiary/aromatic N) is 1. The molecule has 1 aliphatic carbocycles. The van der Waals surface area contributed by atoms with Crippen molar-refractivity contribution in [3.05, 3.63) is 21.4 Å². The Hall–Kier alpha value is -0.910. The molecule has 98 valence electrons. The van der Waals surface area contributed by atoms with Gasteiger partial charge in [-0.1, -0.05) is 0 Å². The van der Waals surface area contributed by atoms with Gasteiger partial charge in [0.2, 0.25) is 0 Å². The van der Waals surface area contributed by atoms with E-state index in [9.17, 15) is 4.79 Å². The fourth-order valence-electron chi connectivity index (χ4n) is 3.30. The van der Waals surface area contributed by atoms with Crippen LogP contribution in [0.5, 0.6) is 0 Å². The second kappa shape index (κ2) is 4.64. The highest BCUT2D eigenvalue weighted by Gasteiger charge is 2.37. The van der Waals surface area contributed by atoms with Crippen LogP contribution in [0.2, 0.25) is 0 Å². The van der Waals surface area contributed by atoms with Gasteiger partial charge >= 0.3 is 0 Å². The topological polar surface area (TPSA) is 58.4 Å². The van der Waals surface area contributed by atoms with Gasteiger partial charge in [0, 0.05) is 24.0 Å². The minimum Gasteiger partial charge on any atom is -0.296 e. The van der Waals surface area contributed by atoms with Crippen molar-refractivity contribution in [2.24, 2.45) is 11.8 Å². The molecule has 1 saturated carbocycles. The van der Waals surface area contributed by atoms with E-state index in [0.717, 1.165) is 18.5 Å². The number of nitrogen functional groups attached to an aromatic ring is 1. The van der Waals surface area contributed by atoms with Crippen LogP contribution in [0.25, 0.3) is 0 Å². The van der Waals surface area contributed by atoms with Crippen LogP contribution in [0.3, 0.4) is 0 Å². The highest BCUT2D eigenvalue weighted by atomic mass is 32.1. The lowest BCUT2D eigenvalue weighted by Gasteiger charge is -2.26. The third kappa shape index (κ3) is 2.06. The molecule has 2 unspecified atom stereocenters. The lowest BCUT2D eigenvalue weighted by atomic mass is 10.1. The number of carbonyl (C=O) groups is 1. The largest absolute Gasteiger partial charge is 0.296 e. The molecule has 0 spiro atoms. The number of hydrazine groups is 1. The van der Waals surface area contributed by atoms with Gasteiger partial charge in [-0.2, -0.15) is 0 Å². The highest BCUT2D eigenvalue weighted by Crippen LogP contribution is 2.38. The summed E-state index contributed by atoms with van der Waals surface area (Å²) in [6, 6.07) is 2.77. The molecule has 2 atom stereocenters. The monoisotopic (exact) mass is 265 g/mol. The van der Waals surface area contributed by atoms with Gasteiger partial charge in [0.1, 0.15) is 0 Å². The van der Waals surface area contributed by atoms with Crippen molar-refractivity contribution in [1.82, 2.24) is 10.3 Å². The van der Waals surface area contributed by atoms with E-state index >= 15 is 0 Å². The molecule has 1 aromatic rings. The van der Waals surface area contributed by atoms with Crippen molar-refractivity contribution < 1.29 is 4.79 Å². The van der Waals surface area contributed by atoms with Gasteiger partial charge < -0.3 is 0 Å². The van der Waals surface area contributed by atoms with Crippen molar-refractivity contribution in [3.8, 4) is 0 Å². The number of piperidine rings is 1. The summed E-state index contributed by atoms with van der Waals surface area (Å²) in [5.41, 5.74) is 3.48. The fourth-order valence-corrected chi connectivity index (χ4v) is 4.24. The second-order valence-electron chi connectivity index (χ2n) is 5.43. The molecule has 1 amide bonds. The van der Waals surface area contributed by atoms with Gasteiger partial charge in [0.05, 0.1) is 4.88 Å². The lowest BCUT2D eigenvalue weighted by Crippen LogP contribution is -2.31. The third-order valence-electron chi connectivity index (χ3n) is 4.27. The Morgan fingerprint density at radius 1 is 1.61 bits per heavy atom. The first kappa shape index (κ1) is 12.1. The third-order valence-corrected chi connectivity index (χ3v) is 5.36. The first-order chi connectivity index (χ1) is 8.67. The van der Waals surface area contributed by atoms with Crippen molar-refractivity contribution in [2.75, 3.05) is 6.54 Å². The zero-order chi connectivity index (χ0) is 12.7. The number of likely N-dealkylation sites (tertiary alicyclic amines) is 1.